The van der Waals surface area contributed by atoms with E-state index in [0.717, 1.165) is 5.56 Å². The normalized spacial score (nSPS) is 24.3. The van der Waals surface area contributed by atoms with Crippen LogP contribution >= 0.6 is 11.6 Å². The van der Waals surface area contributed by atoms with E-state index in [0.29, 0.717) is 5.75 Å². The number of ether oxygens (including phenoxy) is 1. The first-order valence-electron chi connectivity index (χ1n) is 6.16. The largest absolute Gasteiger partial charge is 0.497 e. The van der Waals surface area contributed by atoms with Gasteiger partial charge in [0.25, 0.3) is 0 Å². The zero-order chi connectivity index (χ0) is 14.8. The molecule has 0 spiro atoms. The third-order valence-electron chi connectivity index (χ3n) is 3.13. The van der Waals surface area contributed by atoms with E-state index >= 15 is 0 Å². The van der Waals surface area contributed by atoms with Crippen molar-refractivity contribution in [3.8, 4) is 5.75 Å². The molecule has 20 heavy (non-hydrogen) atoms. The molecule has 0 bridgehead atoms. The molecule has 1 N–H and O–H groups in total. The van der Waals surface area contributed by atoms with Crippen LogP contribution < -0.4 is 10.1 Å². The Morgan fingerprint density at radius 2 is 2.20 bits per heavy atom. The van der Waals surface area contributed by atoms with Gasteiger partial charge >= 0.3 is 0 Å². The van der Waals surface area contributed by atoms with Crippen molar-refractivity contribution in [3.63, 3.8) is 0 Å². The fourth-order valence-corrected chi connectivity index (χ4v) is 4.71. The maximum atomic E-state index is 11.9. The number of carbonyl (C=O) groups is 1. The van der Waals surface area contributed by atoms with Gasteiger partial charge < -0.3 is 10.1 Å². The molecule has 7 heteroatoms. The highest BCUT2D eigenvalue weighted by Crippen LogP contribution is 2.18. The molecule has 110 valence electrons. The molecule has 0 radical (unpaired) electrons. The number of nitrogens with one attached hydrogen (secondary N) is 1. The molecule has 1 saturated heterocycles. The number of carbonyl (C=O) groups excluding carboxylic acids is 1. The molecule has 1 aromatic rings. The number of rotatable bonds is 4. The summed E-state index contributed by atoms with van der Waals surface area (Å²) in [5.41, 5.74) is 0.800. The van der Waals surface area contributed by atoms with Gasteiger partial charge in [-0.2, -0.15) is 0 Å². The Bertz CT molecular complexity index is 602. The van der Waals surface area contributed by atoms with E-state index in [1.165, 1.54) is 0 Å². The average molecular weight is 318 g/mol. The van der Waals surface area contributed by atoms with Crippen molar-refractivity contribution in [3.05, 3.63) is 29.8 Å². The topological polar surface area (TPSA) is 72.5 Å². The fraction of sp³-hybridized carbons (Fsp3) is 0.462. The lowest BCUT2D eigenvalue weighted by atomic mass is 10.1. The summed E-state index contributed by atoms with van der Waals surface area (Å²) < 4.78 is 27.9. The van der Waals surface area contributed by atoms with Crippen molar-refractivity contribution in [2.45, 2.75) is 17.8 Å². The summed E-state index contributed by atoms with van der Waals surface area (Å²) in [6.07, 6.45) is 0.164. The number of sulfone groups is 1. The first kappa shape index (κ1) is 15.1. The Morgan fingerprint density at radius 3 is 2.80 bits per heavy atom. The van der Waals surface area contributed by atoms with Gasteiger partial charge in [-0.3, -0.25) is 4.79 Å². The lowest BCUT2D eigenvalue weighted by Crippen LogP contribution is -2.41. The van der Waals surface area contributed by atoms with Crippen LogP contribution in [0.4, 0.5) is 0 Å². The summed E-state index contributed by atoms with van der Waals surface area (Å²) >= 11 is 5.94. The molecule has 1 aromatic carbocycles. The first-order valence-corrected chi connectivity index (χ1v) is 8.42. The van der Waals surface area contributed by atoms with Gasteiger partial charge in [0, 0.05) is 0 Å². The van der Waals surface area contributed by atoms with E-state index in [4.69, 9.17) is 16.3 Å². The molecule has 0 aromatic heterocycles. The maximum absolute atomic E-state index is 11.9. The molecule has 1 aliphatic rings. The lowest BCUT2D eigenvalue weighted by molar-refractivity contribution is -0.120. The highest BCUT2D eigenvalue weighted by atomic mass is 35.5. The maximum Gasteiger partial charge on any atom is 0.224 e. The van der Waals surface area contributed by atoms with Crippen LogP contribution in [0.2, 0.25) is 0 Å². The number of hydrogen-bond acceptors (Lipinski definition) is 4. The van der Waals surface area contributed by atoms with Crippen LogP contribution in [0.25, 0.3) is 0 Å². The van der Waals surface area contributed by atoms with Crippen molar-refractivity contribution in [2.24, 2.45) is 0 Å². The second-order valence-electron chi connectivity index (χ2n) is 4.80. The molecular formula is C13H16ClNO4S. The molecule has 1 aliphatic heterocycles. The first-order chi connectivity index (χ1) is 9.39. The van der Waals surface area contributed by atoms with Crippen molar-refractivity contribution in [2.75, 3.05) is 18.6 Å². The predicted molar refractivity (Wildman–Crippen MR) is 76.9 cm³/mol. The highest BCUT2D eigenvalue weighted by molar-refractivity contribution is 7.91. The van der Waals surface area contributed by atoms with Crippen LogP contribution in [0.3, 0.4) is 0 Å². The molecule has 2 rings (SSSR count). The number of benzene rings is 1. The highest BCUT2D eigenvalue weighted by Gasteiger charge is 2.37. The van der Waals surface area contributed by atoms with Gasteiger partial charge in [-0.05, 0) is 17.7 Å². The molecule has 2 unspecified atom stereocenters. The van der Waals surface area contributed by atoms with Crippen LogP contribution in [0.1, 0.15) is 5.56 Å². The van der Waals surface area contributed by atoms with E-state index in [-0.39, 0.29) is 23.8 Å². The van der Waals surface area contributed by atoms with E-state index in [2.05, 4.69) is 5.32 Å². The van der Waals surface area contributed by atoms with Crippen LogP contribution in [0.5, 0.6) is 5.75 Å². The predicted octanol–water partition coefficient (Wildman–Crippen LogP) is 0.758. The Hall–Kier alpha value is -1.27. The number of amides is 1. The Morgan fingerprint density at radius 1 is 1.45 bits per heavy atom. The van der Waals surface area contributed by atoms with Gasteiger partial charge in [0.05, 0.1) is 36.5 Å². The van der Waals surface area contributed by atoms with Crippen molar-refractivity contribution < 1.29 is 17.9 Å². The molecular weight excluding hydrogens is 302 g/mol. The summed E-state index contributed by atoms with van der Waals surface area (Å²) in [7, 11) is -1.58. The van der Waals surface area contributed by atoms with Crippen molar-refractivity contribution >= 4 is 27.3 Å². The molecule has 1 fully saturated rings. The van der Waals surface area contributed by atoms with Gasteiger partial charge in [-0.1, -0.05) is 12.1 Å². The van der Waals surface area contributed by atoms with Gasteiger partial charge in [0.2, 0.25) is 5.91 Å². The van der Waals surface area contributed by atoms with Gasteiger partial charge in [0.15, 0.2) is 9.84 Å². The second-order valence-corrected chi connectivity index (χ2v) is 7.51. The Kier molecular flexibility index (Phi) is 4.55. The molecule has 0 aliphatic carbocycles. The quantitative estimate of drug-likeness (QED) is 0.832. The van der Waals surface area contributed by atoms with Crippen LogP contribution in [-0.4, -0.2) is 44.4 Å². The second kappa shape index (κ2) is 6.01. The summed E-state index contributed by atoms with van der Waals surface area (Å²) in [4.78, 5) is 11.9. The van der Waals surface area contributed by atoms with E-state index in [1.54, 1.807) is 25.3 Å². The van der Waals surface area contributed by atoms with E-state index in [9.17, 15) is 13.2 Å². The minimum atomic E-state index is -3.14. The molecule has 1 heterocycles. The number of alkyl halides is 1. The third kappa shape index (κ3) is 3.86. The monoisotopic (exact) mass is 317 g/mol. The Labute approximate surface area is 123 Å². The van der Waals surface area contributed by atoms with Crippen LogP contribution in [0, 0.1) is 0 Å². The minimum absolute atomic E-state index is 0.0847. The van der Waals surface area contributed by atoms with Gasteiger partial charge in [-0.25, -0.2) is 8.42 Å². The summed E-state index contributed by atoms with van der Waals surface area (Å²) in [5, 5.41) is 2.12. The molecule has 5 nitrogen and oxygen atoms in total. The van der Waals surface area contributed by atoms with Crippen LogP contribution in [-0.2, 0) is 21.1 Å². The van der Waals surface area contributed by atoms with Gasteiger partial charge in [0.1, 0.15) is 5.75 Å². The standard InChI is InChI=1S/C13H16ClNO4S/c1-19-10-4-2-3-9(5-10)6-13(16)15-12-8-20(17,18)7-11(12)14/h2-5,11-12H,6-8H2,1H3,(H,15,16). The number of methoxy groups -OCH3 is 1. The third-order valence-corrected chi connectivity index (χ3v) is 5.50. The fourth-order valence-electron chi connectivity index (χ4n) is 2.16. The van der Waals surface area contributed by atoms with E-state index in [1.807, 2.05) is 6.07 Å². The Balaban J connectivity index is 1.96. The number of halogens is 1. The van der Waals surface area contributed by atoms with Crippen molar-refractivity contribution in [1.82, 2.24) is 5.32 Å². The summed E-state index contributed by atoms with van der Waals surface area (Å²) in [5.74, 6) is 0.254. The van der Waals surface area contributed by atoms with Crippen LogP contribution in [0.15, 0.2) is 24.3 Å². The zero-order valence-electron chi connectivity index (χ0n) is 11.0. The summed E-state index contributed by atoms with van der Waals surface area (Å²) in [6, 6.07) is 6.65. The smallest absolute Gasteiger partial charge is 0.224 e. The van der Waals surface area contributed by atoms with Gasteiger partial charge in [-0.15, -0.1) is 11.6 Å². The average Bonchev–Trinajstić information content (AvgIpc) is 2.62. The van der Waals surface area contributed by atoms with Crippen molar-refractivity contribution in [1.29, 1.82) is 0 Å². The molecule has 1 amide bonds. The van der Waals surface area contributed by atoms with E-state index < -0.39 is 21.3 Å². The molecule has 0 saturated carbocycles. The summed E-state index contributed by atoms with van der Waals surface area (Å²) in [6.45, 7) is 0. The SMILES string of the molecule is COc1cccc(CC(=O)NC2CS(=O)(=O)CC2Cl)c1. The minimum Gasteiger partial charge on any atom is -0.497 e. The number of hydrogen-bond donors (Lipinski definition) is 1. The lowest BCUT2D eigenvalue weighted by Gasteiger charge is -2.14. The molecule has 2 atom stereocenters. The zero-order valence-corrected chi connectivity index (χ0v) is 12.6.